The molecule has 0 unspecified atom stereocenters. The number of carbonyl (C=O) groups is 1. The van der Waals surface area contributed by atoms with Crippen LogP contribution in [-0.2, 0) is 10.2 Å². The van der Waals surface area contributed by atoms with E-state index < -0.39 is 5.41 Å². The molecule has 1 N–H and O–H groups in total. The molecule has 6 nitrogen and oxygen atoms in total. The average molecular weight is 349 g/mol. The molecule has 0 radical (unpaired) electrons. The van der Waals surface area contributed by atoms with Gasteiger partial charge in [0.05, 0.1) is 5.41 Å². The van der Waals surface area contributed by atoms with Crippen molar-refractivity contribution in [2.75, 3.05) is 10.2 Å². The Balaban J connectivity index is 1.44. The van der Waals surface area contributed by atoms with E-state index in [1.54, 1.807) is 18.6 Å². The van der Waals surface area contributed by atoms with E-state index in [9.17, 15) is 4.79 Å². The first-order chi connectivity index (χ1) is 12.4. The minimum absolute atomic E-state index is 0.136. The van der Waals surface area contributed by atoms with Gasteiger partial charge in [-0.15, -0.1) is 0 Å². The Morgan fingerprint density at radius 1 is 1.27 bits per heavy atom. The Bertz CT molecular complexity index is 868. The smallest absolute Gasteiger partial charge is 0.238 e. The van der Waals surface area contributed by atoms with Crippen LogP contribution in [0.4, 0.5) is 11.8 Å². The molecule has 0 bridgehead atoms. The largest absolute Gasteiger partial charge is 0.351 e. The third kappa shape index (κ3) is 2.57. The Morgan fingerprint density at radius 3 is 2.62 bits per heavy atom. The summed E-state index contributed by atoms with van der Waals surface area (Å²) in [4.78, 5) is 28.0. The highest BCUT2D eigenvalue weighted by atomic mass is 16.2. The lowest BCUT2D eigenvalue weighted by atomic mass is 9.84. The predicted octanol–water partition coefficient (Wildman–Crippen LogP) is 3.17. The van der Waals surface area contributed by atoms with Gasteiger partial charge >= 0.3 is 0 Å². The van der Waals surface area contributed by atoms with Gasteiger partial charge in [0.15, 0.2) is 0 Å². The standard InChI is InChI=1S/C20H23N5O/c1-12(2)13-10-22-19(23-11-13)24-14-8-15(9-14)25-17-16(6-5-7-21-17)20(3,4)18(25)26/h5-7,10-11,14-15H,1,8-9H2,2-4H3,(H,22,23,24)/t14-,15-. The molecule has 1 aliphatic heterocycles. The van der Waals surface area contributed by atoms with Gasteiger partial charge in [-0.1, -0.05) is 12.6 Å². The van der Waals surface area contributed by atoms with Gasteiger partial charge in [0.25, 0.3) is 0 Å². The number of carbonyl (C=O) groups excluding carboxylic acids is 1. The first-order valence-electron chi connectivity index (χ1n) is 8.91. The van der Waals surface area contributed by atoms with Crippen molar-refractivity contribution in [1.29, 1.82) is 0 Å². The maximum Gasteiger partial charge on any atom is 0.238 e. The summed E-state index contributed by atoms with van der Waals surface area (Å²) in [5.74, 6) is 1.56. The quantitative estimate of drug-likeness (QED) is 0.918. The van der Waals surface area contributed by atoms with E-state index >= 15 is 0 Å². The first-order valence-corrected chi connectivity index (χ1v) is 8.91. The van der Waals surface area contributed by atoms with Crippen molar-refractivity contribution in [1.82, 2.24) is 15.0 Å². The van der Waals surface area contributed by atoms with Gasteiger partial charge in [0.2, 0.25) is 11.9 Å². The normalized spacial score (nSPS) is 23.3. The topological polar surface area (TPSA) is 71.0 Å². The van der Waals surface area contributed by atoms with Crippen molar-refractivity contribution in [3.8, 4) is 0 Å². The second kappa shape index (κ2) is 5.90. The maximum absolute atomic E-state index is 12.9. The molecule has 0 aromatic carbocycles. The molecular formula is C20H23N5O. The highest BCUT2D eigenvalue weighted by Gasteiger charge is 2.50. The minimum Gasteiger partial charge on any atom is -0.351 e. The number of pyridine rings is 1. The van der Waals surface area contributed by atoms with Crippen molar-refractivity contribution >= 4 is 23.2 Å². The lowest BCUT2D eigenvalue weighted by Crippen LogP contribution is -2.53. The van der Waals surface area contributed by atoms with Crippen molar-refractivity contribution < 1.29 is 4.79 Å². The number of nitrogens with zero attached hydrogens (tertiary/aromatic N) is 4. The highest BCUT2D eigenvalue weighted by Crippen LogP contribution is 2.44. The fraction of sp³-hybridized carbons (Fsp3) is 0.400. The first kappa shape index (κ1) is 16.7. The predicted molar refractivity (Wildman–Crippen MR) is 102 cm³/mol. The minimum atomic E-state index is -0.510. The van der Waals surface area contributed by atoms with Crippen LogP contribution in [0.3, 0.4) is 0 Å². The molecule has 26 heavy (non-hydrogen) atoms. The van der Waals surface area contributed by atoms with Crippen LogP contribution in [0.5, 0.6) is 0 Å². The van der Waals surface area contributed by atoms with Crippen LogP contribution in [0.25, 0.3) is 5.57 Å². The van der Waals surface area contributed by atoms with E-state index in [-0.39, 0.29) is 18.0 Å². The highest BCUT2D eigenvalue weighted by molar-refractivity contribution is 6.07. The zero-order valence-electron chi connectivity index (χ0n) is 15.4. The maximum atomic E-state index is 12.9. The molecule has 2 aromatic rings. The summed E-state index contributed by atoms with van der Waals surface area (Å²) in [6.07, 6.45) is 7.04. The summed E-state index contributed by atoms with van der Waals surface area (Å²) < 4.78 is 0. The molecule has 0 saturated heterocycles. The van der Waals surface area contributed by atoms with Gasteiger partial charge in [0, 0.05) is 41.8 Å². The van der Waals surface area contributed by atoms with Crippen LogP contribution in [0.15, 0.2) is 37.3 Å². The van der Waals surface area contributed by atoms with Crippen molar-refractivity contribution in [2.45, 2.75) is 51.1 Å². The monoisotopic (exact) mass is 349 g/mol. The van der Waals surface area contributed by atoms with E-state index in [1.807, 2.05) is 37.8 Å². The summed E-state index contributed by atoms with van der Waals surface area (Å²) >= 11 is 0. The van der Waals surface area contributed by atoms with Gasteiger partial charge in [-0.3, -0.25) is 9.69 Å². The number of aromatic nitrogens is 3. The van der Waals surface area contributed by atoms with Crippen molar-refractivity contribution in [2.24, 2.45) is 0 Å². The third-order valence-corrected chi connectivity index (χ3v) is 5.40. The van der Waals surface area contributed by atoms with Gasteiger partial charge in [-0.25, -0.2) is 15.0 Å². The molecule has 1 amide bonds. The van der Waals surface area contributed by atoms with E-state index in [4.69, 9.17) is 0 Å². The molecule has 134 valence electrons. The van der Waals surface area contributed by atoms with Crippen molar-refractivity contribution in [3.05, 3.63) is 48.4 Å². The van der Waals surface area contributed by atoms with Crippen molar-refractivity contribution in [3.63, 3.8) is 0 Å². The fourth-order valence-electron chi connectivity index (χ4n) is 3.65. The van der Waals surface area contributed by atoms with Gasteiger partial charge in [0.1, 0.15) is 5.82 Å². The van der Waals surface area contributed by atoms with Crippen LogP contribution in [0.2, 0.25) is 0 Å². The zero-order valence-corrected chi connectivity index (χ0v) is 15.4. The third-order valence-electron chi connectivity index (χ3n) is 5.40. The molecule has 0 spiro atoms. The summed E-state index contributed by atoms with van der Waals surface area (Å²) in [5, 5.41) is 3.35. The average Bonchev–Trinajstić information content (AvgIpc) is 2.79. The van der Waals surface area contributed by atoms with E-state index in [1.165, 1.54) is 0 Å². The Hall–Kier alpha value is -2.76. The molecule has 1 aliphatic carbocycles. The number of rotatable bonds is 4. The number of hydrogen-bond donors (Lipinski definition) is 1. The van der Waals surface area contributed by atoms with Gasteiger partial charge < -0.3 is 5.32 Å². The zero-order chi connectivity index (χ0) is 18.5. The number of hydrogen-bond acceptors (Lipinski definition) is 5. The molecule has 4 rings (SSSR count). The van der Waals surface area contributed by atoms with Crippen LogP contribution in [0.1, 0.15) is 44.7 Å². The molecule has 0 atom stereocenters. The number of anilines is 2. The number of allylic oxidation sites excluding steroid dienone is 1. The Kier molecular flexibility index (Phi) is 3.79. The Morgan fingerprint density at radius 2 is 1.96 bits per heavy atom. The van der Waals surface area contributed by atoms with E-state index in [0.29, 0.717) is 5.95 Å². The summed E-state index contributed by atoms with van der Waals surface area (Å²) in [6.45, 7) is 9.77. The molecule has 2 aromatic heterocycles. The molecule has 1 fully saturated rings. The van der Waals surface area contributed by atoms with E-state index in [2.05, 4.69) is 26.8 Å². The van der Waals surface area contributed by atoms with Gasteiger partial charge in [-0.2, -0.15) is 0 Å². The van der Waals surface area contributed by atoms with E-state index in [0.717, 1.165) is 35.4 Å². The summed E-state index contributed by atoms with van der Waals surface area (Å²) in [6, 6.07) is 4.34. The lowest BCUT2D eigenvalue weighted by molar-refractivity contribution is -0.122. The second-order valence-corrected chi connectivity index (χ2v) is 7.72. The number of nitrogens with one attached hydrogen (secondary N) is 1. The summed E-state index contributed by atoms with van der Waals surface area (Å²) in [7, 11) is 0. The molecule has 6 heteroatoms. The molecule has 2 aliphatic rings. The number of amides is 1. The lowest BCUT2D eigenvalue weighted by Gasteiger charge is -2.41. The molecular weight excluding hydrogens is 326 g/mol. The van der Waals surface area contributed by atoms with Crippen LogP contribution >= 0.6 is 0 Å². The van der Waals surface area contributed by atoms with Crippen LogP contribution in [0, 0.1) is 0 Å². The summed E-state index contributed by atoms with van der Waals surface area (Å²) in [5.41, 5.74) is 2.39. The van der Waals surface area contributed by atoms with Crippen LogP contribution in [-0.4, -0.2) is 32.9 Å². The Labute approximate surface area is 153 Å². The second-order valence-electron chi connectivity index (χ2n) is 7.72. The van der Waals surface area contributed by atoms with Crippen LogP contribution < -0.4 is 10.2 Å². The van der Waals surface area contributed by atoms with Gasteiger partial charge in [-0.05, 0) is 45.3 Å². The molecule has 1 saturated carbocycles. The SMILES string of the molecule is C=C(C)c1cnc(N[C@H]2C[C@H](N3C(=O)C(C)(C)c4cccnc43)C2)nc1. The number of fused-ring (bicyclic) bond motifs is 1. The molecule has 3 heterocycles. The fourth-order valence-corrected chi connectivity index (χ4v) is 3.65.